The van der Waals surface area contributed by atoms with Gasteiger partial charge in [0.15, 0.2) is 0 Å². The molecule has 68 valence electrons. The Kier molecular flexibility index (Phi) is 1.69. The van der Waals surface area contributed by atoms with Gasteiger partial charge in [0.05, 0.1) is 0 Å². The number of hydrogen-bond donors (Lipinski definition) is 0. The minimum Gasteiger partial charge on any atom is -0.119 e. The van der Waals surface area contributed by atoms with E-state index in [0.29, 0.717) is 4.75 Å². The molecule has 0 saturated heterocycles. The molecule has 0 atom stereocenters. The summed E-state index contributed by atoms with van der Waals surface area (Å²) in [4.78, 5) is 1.34. The lowest BCUT2D eigenvalue weighted by molar-refractivity contribution is 0.0580. The van der Waals surface area contributed by atoms with Gasteiger partial charge in [-0.3, -0.25) is 0 Å². The van der Waals surface area contributed by atoms with E-state index >= 15 is 0 Å². The van der Waals surface area contributed by atoms with Crippen molar-refractivity contribution < 1.29 is 0 Å². The van der Waals surface area contributed by atoms with E-state index in [2.05, 4.69) is 12.1 Å². The largest absolute Gasteiger partial charge is 0.119 e. The van der Waals surface area contributed by atoms with Crippen LogP contribution in [-0.4, -0.2) is 4.75 Å². The van der Waals surface area contributed by atoms with Crippen LogP contribution in [-0.2, 0) is 0 Å². The van der Waals surface area contributed by atoms with E-state index in [1.54, 1.807) is 0 Å². The summed E-state index contributed by atoms with van der Waals surface area (Å²) < 4.78 is 0.620. The standard InChI is InChI=1S/C11H11ClS/c12-9-2-1-3-10(4-9)13-11-5-8(6-11)7-11/h1-4,8H,5-7H2. The van der Waals surface area contributed by atoms with Gasteiger partial charge in [-0.1, -0.05) is 17.7 Å². The number of halogens is 1. The zero-order chi connectivity index (χ0) is 8.89. The third-order valence-corrected chi connectivity index (χ3v) is 4.77. The first kappa shape index (κ1) is 8.19. The van der Waals surface area contributed by atoms with Crippen molar-refractivity contribution >= 4 is 23.4 Å². The zero-order valence-corrected chi connectivity index (χ0v) is 8.87. The lowest BCUT2D eigenvalue weighted by atomic mass is 9.55. The molecule has 13 heavy (non-hydrogen) atoms. The molecule has 0 spiro atoms. The Bertz CT molecular complexity index is 331. The van der Waals surface area contributed by atoms with Crippen molar-refractivity contribution in [3.8, 4) is 0 Å². The van der Waals surface area contributed by atoms with Crippen LogP contribution in [0.2, 0.25) is 5.02 Å². The summed E-state index contributed by atoms with van der Waals surface area (Å²) in [6, 6.07) is 8.22. The van der Waals surface area contributed by atoms with Crippen LogP contribution in [0.15, 0.2) is 29.2 Å². The van der Waals surface area contributed by atoms with Gasteiger partial charge in [0.25, 0.3) is 0 Å². The van der Waals surface area contributed by atoms with Gasteiger partial charge in [-0.15, -0.1) is 11.8 Å². The Morgan fingerprint density at radius 2 is 2.08 bits per heavy atom. The SMILES string of the molecule is Clc1cccc(SC23CC(C2)C3)c1. The third-order valence-electron chi connectivity index (χ3n) is 3.11. The summed E-state index contributed by atoms with van der Waals surface area (Å²) in [5, 5.41) is 0.858. The molecule has 0 heterocycles. The highest BCUT2D eigenvalue weighted by atomic mass is 35.5. The molecule has 2 bridgehead atoms. The highest BCUT2D eigenvalue weighted by Crippen LogP contribution is 2.66. The molecule has 0 amide bonds. The van der Waals surface area contributed by atoms with E-state index in [1.165, 1.54) is 24.2 Å². The first-order valence-electron chi connectivity index (χ1n) is 4.70. The molecule has 0 nitrogen and oxygen atoms in total. The fraction of sp³-hybridized carbons (Fsp3) is 0.455. The van der Waals surface area contributed by atoms with Crippen molar-refractivity contribution in [2.24, 2.45) is 5.92 Å². The Morgan fingerprint density at radius 3 is 2.62 bits per heavy atom. The molecule has 3 aliphatic rings. The topological polar surface area (TPSA) is 0 Å². The summed E-state index contributed by atoms with van der Waals surface area (Å²) in [5.74, 6) is 1.06. The fourth-order valence-electron chi connectivity index (χ4n) is 2.30. The van der Waals surface area contributed by atoms with Crippen LogP contribution < -0.4 is 0 Å². The molecule has 1 aromatic rings. The van der Waals surface area contributed by atoms with E-state index in [-0.39, 0.29) is 0 Å². The zero-order valence-electron chi connectivity index (χ0n) is 7.29. The smallest absolute Gasteiger partial charge is 0.0417 e. The van der Waals surface area contributed by atoms with Crippen LogP contribution >= 0.6 is 23.4 Å². The summed E-state index contributed by atoms with van der Waals surface area (Å²) in [5.41, 5.74) is 0. The fourth-order valence-corrected chi connectivity index (χ4v) is 4.35. The molecule has 3 saturated carbocycles. The number of benzene rings is 1. The molecular weight excluding hydrogens is 200 g/mol. The minimum absolute atomic E-state index is 0.620. The second-order valence-corrected chi connectivity index (χ2v) is 6.20. The Labute approximate surface area is 87.7 Å². The first-order chi connectivity index (χ1) is 6.26. The van der Waals surface area contributed by atoms with Crippen molar-refractivity contribution in [2.75, 3.05) is 0 Å². The number of rotatable bonds is 2. The maximum Gasteiger partial charge on any atom is 0.0417 e. The van der Waals surface area contributed by atoms with Crippen LogP contribution in [0.25, 0.3) is 0 Å². The first-order valence-corrected chi connectivity index (χ1v) is 5.90. The molecule has 0 radical (unpaired) electrons. The second-order valence-electron chi connectivity index (χ2n) is 4.22. The van der Waals surface area contributed by atoms with E-state index in [9.17, 15) is 0 Å². The monoisotopic (exact) mass is 210 g/mol. The summed E-state index contributed by atoms with van der Waals surface area (Å²) in [6.45, 7) is 0. The van der Waals surface area contributed by atoms with Crippen molar-refractivity contribution in [2.45, 2.75) is 28.9 Å². The number of hydrogen-bond acceptors (Lipinski definition) is 1. The van der Waals surface area contributed by atoms with E-state index in [4.69, 9.17) is 11.6 Å². The maximum absolute atomic E-state index is 5.93. The molecule has 0 unspecified atom stereocenters. The molecule has 2 heteroatoms. The summed E-state index contributed by atoms with van der Waals surface area (Å²) in [6.07, 6.45) is 4.30. The van der Waals surface area contributed by atoms with E-state index < -0.39 is 0 Å². The van der Waals surface area contributed by atoms with E-state index in [0.717, 1.165) is 10.9 Å². The Balaban J connectivity index is 1.78. The van der Waals surface area contributed by atoms with Gasteiger partial charge < -0.3 is 0 Å². The molecular formula is C11H11ClS. The quantitative estimate of drug-likeness (QED) is 0.712. The molecule has 3 aliphatic carbocycles. The van der Waals surface area contributed by atoms with Crippen molar-refractivity contribution in [1.82, 2.24) is 0 Å². The predicted octanol–water partition coefficient (Wildman–Crippen LogP) is 3.98. The van der Waals surface area contributed by atoms with Crippen molar-refractivity contribution in [1.29, 1.82) is 0 Å². The average Bonchev–Trinajstić information content (AvgIpc) is 1.95. The third kappa shape index (κ3) is 1.29. The predicted molar refractivity (Wildman–Crippen MR) is 57.4 cm³/mol. The molecule has 0 N–H and O–H groups in total. The summed E-state index contributed by atoms with van der Waals surface area (Å²) in [7, 11) is 0. The van der Waals surface area contributed by atoms with Gasteiger partial charge in [-0.25, -0.2) is 0 Å². The average molecular weight is 211 g/mol. The molecule has 4 rings (SSSR count). The van der Waals surface area contributed by atoms with Crippen LogP contribution in [0.5, 0.6) is 0 Å². The van der Waals surface area contributed by atoms with Crippen LogP contribution in [0.4, 0.5) is 0 Å². The van der Waals surface area contributed by atoms with Crippen molar-refractivity contribution in [3.63, 3.8) is 0 Å². The second kappa shape index (κ2) is 2.68. The van der Waals surface area contributed by atoms with Gasteiger partial charge >= 0.3 is 0 Å². The maximum atomic E-state index is 5.93. The van der Waals surface area contributed by atoms with Crippen LogP contribution in [0.3, 0.4) is 0 Å². The molecule has 1 aromatic carbocycles. The Morgan fingerprint density at radius 1 is 1.31 bits per heavy atom. The van der Waals surface area contributed by atoms with Crippen LogP contribution in [0, 0.1) is 5.92 Å². The lowest BCUT2D eigenvalue weighted by Crippen LogP contribution is -2.55. The number of thioether (sulfide) groups is 1. The van der Waals surface area contributed by atoms with Crippen molar-refractivity contribution in [3.05, 3.63) is 29.3 Å². The van der Waals surface area contributed by atoms with Gasteiger partial charge in [-0.2, -0.15) is 0 Å². The van der Waals surface area contributed by atoms with Gasteiger partial charge in [0, 0.05) is 14.7 Å². The molecule has 0 aromatic heterocycles. The molecule has 0 aliphatic heterocycles. The Hall–Kier alpha value is -0.140. The lowest BCUT2D eigenvalue weighted by Gasteiger charge is -2.61. The molecule has 3 fully saturated rings. The van der Waals surface area contributed by atoms with Gasteiger partial charge in [0.1, 0.15) is 0 Å². The van der Waals surface area contributed by atoms with Crippen LogP contribution in [0.1, 0.15) is 19.3 Å². The highest BCUT2D eigenvalue weighted by molar-refractivity contribution is 8.00. The van der Waals surface area contributed by atoms with Gasteiger partial charge in [-0.05, 0) is 43.4 Å². The van der Waals surface area contributed by atoms with E-state index in [1.807, 2.05) is 23.9 Å². The normalized spacial score (nSPS) is 35.0. The highest BCUT2D eigenvalue weighted by Gasteiger charge is 2.57. The summed E-state index contributed by atoms with van der Waals surface area (Å²) >= 11 is 7.96. The van der Waals surface area contributed by atoms with Gasteiger partial charge in [0.2, 0.25) is 0 Å². The minimum atomic E-state index is 0.620.